The average molecular weight is 412 g/mol. The Morgan fingerprint density at radius 3 is 2.60 bits per heavy atom. The quantitative estimate of drug-likeness (QED) is 0.637. The molecule has 3 rings (SSSR count). The second kappa shape index (κ2) is 9.67. The molecule has 1 atom stereocenters. The Kier molecular flexibility index (Phi) is 6.99. The monoisotopic (exact) mass is 411 g/mol. The van der Waals surface area contributed by atoms with Gasteiger partial charge in [-0.1, -0.05) is 19.1 Å². The van der Waals surface area contributed by atoms with Crippen LogP contribution in [0.25, 0.3) is 0 Å². The fourth-order valence-electron chi connectivity index (χ4n) is 3.58. The van der Waals surface area contributed by atoms with Gasteiger partial charge in [0.25, 0.3) is 0 Å². The first-order chi connectivity index (χ1) is 14.4. The first-order valence-electron chi connectivity index (χ1n) is 10.2. The zero-order valence-electron chi connectivity index (χ0n) is 17.7. The lowest BCUT2D eigenvalue weighted by atomic mass is 10.0. The van der Waals surface area contributed by atoms with Crippen LogP contribution in [0.4, 0.5) is 11.8 Å². The molecule has 1 fully saturated rings. The van der Waals surface area contributed by atoms with E-state index >= 15 is 0 Å². The van der Waals surface area contributed by atoms with E-state index in [-0.39, 0.29) is 34.9 Å². The van der Waals surface area contributed by atoms with Crippen LogP contribution in [0.2, 0.25) is 0 Å². The number of nitrogen functional groups attached to an aromatic ring is 1. The summed E-state index contributed by atoms with van der Waals surface area (Å²) >= 11 is 0. The molecule has 1 aliphatic rings. The van der Waals surface area contributed by atoms with Crippen LogP contribution in [0.3, 0.4) is 0 Å². The molecule has 3 N–H and O–H groups in total. The van der Waals surface area contributed by atoms with E-state index in [1.807, 2.05) is 6.92 Å². The number of hydrogen-bond acceptors (Lipinski definition) is 8. The third-order valence-corrected chi connectivity index (χ3v) is 5.56. The molecule has 0 radical (unpaired) electrons. The maximum atomic E-state index is 12.8. The Morgan fingerprint density at radius 1 is 1.27 bits per heavy atom. The van der Waals surface area contributed by atoms with Crippen LogP contribution in [-0.4, -0.2) is 59.2 Å². The number of Topliss-reactive ketones (excluding diaryl/α,β-unsaturated/α-hetero) is 1. The second-order valence-corrected chi connectivity index (χ2v) is 7.75. The van der Waals surface area contributed by atoms with Gasteiger partial charge in [0.15, 0.2) is 0 Å². The largest absolute Gasteiger partial charge is 0.496 e. The van der Waals surface area contributed by atoms with Crippen molar-refractivity contribution < 1.29 is 14.3 Å². The maximum absolute atomic E-state index is 12.8. The van der Waals surface area contributed by atoms with Gasteiger partial charge in [0.1, 0.15) is 17.4 Å². The number of ether oxygens (including phenoxy) is 1. The molecule has 1 unspecified atom stereocenters. The zero-order valence-corrected chi connectivity index (χ0v) is 17.7. The van der Waals surface area contributed by atoms with Crippen LogP contribution in [-0.2, 0) is 4.79 Å². The van der Waals surface area contributed by atoms with Crippen molar-refractivity contribution in [1.29, 1.82) is 0 Å². The van der Waals surface area contributed by atoms with Crippen LogP contribution in [0.1, 0.15) is 42.6 Å². The molecule has 2 aromatic rings. The number of likely N-dealkylation sites (tertiary alicyclic amines) is 1. The number of aromatic nitrogens is 2. The molecule has 0 amide bonds. The topological polar surface area (TPSA) is 110 Å². The lowest BCUT2D eigenvalue weighted by molar-refractivity contribution is -0.120. The lowest BCUT2D eigenvalue weighted by Gasteiger charge is -2.33. The van der Waals surface area contributed by atoms with Crippen molar-refractivity contribution in [2.24, 2.45) is 5.92 Å². The smallest absolute Gasteiger partial charge is 0.224 e. The van der Waals surface area contributed by atoms with E-state index < -0.39 is 0 Å². The molecule has 2 heterocycles. The van der Waals surface area contributed by atoms with E-state index in [1.54, 1.807) is 31.2 Å². The van der Waals surface area contributed by atoms with Gasteiger partial charge >= 0.3 is 0 Å². The Morgan fingerprint density at radius 2 is 1.97 bits per heavy atom. The summed E-state index contributed by atoms with van der Waals surface area (Å²) in [4.78, 5) is 35.2. The second-order valence-electron chi connectivity index (χ2n) is 7.75. The number of benzene rings is 1. The molecule has 8 nitrogen and oxygen atoms in total. The minimum atomic E-state index is -0.274. The van der Waals surface area contributed by atoms with Gasteiger partial charge in [-0.2, -0.15) is 4.98 Å². The number of nitrogens with zero attached hydrogens (tertiary/aromatic N) is 3. The van der Waals surface area contributed by atoms with Crippen LogP contribution >= 0.6 is 0 Å². The number of carbonyl (C=O) groups is 2. The average Bonchev–Trinajstić information content (AvgIpc) is 2.74. The van der Waals surface area contributed by atoms with Gasteiger partial charge in [-0.05, 0) is 31.9 Å². The molecule has 1 saturated heterocycles. The van der Waals surface area contributed by atoms with E-state index in [4.69, 9.17) is 10.5 Å². The van der Waals surface area contributed by atoms with Crippen molar-refractivity contribution in [2.75, 3.05) is 37.8 Å². The summed E-state index contributed by atoms with van der Waals surface area (Å²) in [7, 11) is 1.52. The van der Waals surface area contributed by atoms with Crippen molar-refractivity contribution in [3.05, 3.63) is 41.6 Å². The molecule has 1 aromatic carbocycles. The van der Waals surface area contributed by atoms with Gasteiger partial charge in [-0.25, -0.2) is 4.98 Å². The van der Waals surface area contributed by atoms with Crippen molar-refractivity contribution in [3.63, 3.8) is 0 Å². The summed E-state index contributed by atoms with van der Waals surface area (Å²) in [6.45, 7) is 6.23. The Bertz CT molecular complexity index is 909. The fourth-order valence-corrected chi connectivity index (χ4v) is 3.58. The molecule has 0 saturated carbocycles. The number of rotatable bonds is 8. The van der Waals surface area contributed by atoms with Gasteiger partial charge in [-0.3, -0.25) is 9.59 Å². The highest BCUT2D eigenvalue weighted by atomic mass is 16.5. The number of methoxy groups -OCH3 is 1. The van der Waals surface area contributed by atoms with Crippen LogP contribution in [0.5, 0.6) is 5.75 Å². The SMILES string of the molecule is COc1ccccc1C(=O)c1cnc(NC2CCN(CC(C)C(C)=O)CC2)nc1N. The number of hydrogen-bond donors (Lipinski definition) is 2. The molecule has 0 aliphatic carbocycles. The summed E-state index contributed by atoms with van der Waals surface area (Å²) in [5, 5.41) is 3.31. The normalized spacial score (nSPS) is 16.1. The van der Waals surface area contributed by atoms with Gasteiger partial charge in [-0.15, -0.1) is 0 Å². The van der Waals surface area contributed by atoms with Crippen LogP contribution < -0.4 is 15.8 Å². The highest BCUT2D eigenvalue weighted by Gasteiger charge is 2.23. The fraction of sp³-hybridized carbons (Fsp3) is 0.455. The summed E-state index contributed by atoms with van der Waals surface area (Å²) in [5.74, 6) is 1.04. The molecule has 0 spiro atoms. The van der Waals surface area contributed by atoms with Gasteiger partial charge < -0.3 is 20.7 Å². The van der Waals surface area contributed by atoms with Gasteiger partial charge in [0.2, 0.25) is 11.7 Å². The van der Waals surface area contributed by atoms with Gasteiger partial charge in [0, 0.05) is 37.8 Å². The minimum Gasteiger partial charge on any atom is -0.496 e. The van der Waals surface area contributed by atoms with E-state index in [0.29, 0.717) is 17.3 Å². The molecular weight excluding hydrogens is 382 g/mol. The van der Waals surface area contributed by atoms with E-state index in [0.717, 1.165) is 32.5 Å². The summed E-state index contributed by atoms with van der Waals surface area (Å²) in [6, 6.07) is 7.21. The molecule has 0 bridgehead atoms. The molecular formula is C22H29N5O3. The van der Waals surface area contributed by atoms with Crippen LogP contribution in [0.15, 0.2) is 30.5 Å². The Hall–Kier alpha value is -3.00. The maximum Gasteiger partial charge on any atom is 0.224 e. The third kappa shape index (κ3) is 5.13. The van der Waals surface area contributed by atoms with Gasteiger partial charge in [0.05, 0.1) is 18.2 Å². The number of carbonyl (C=O) groups excluding carboxylic acids is 2. The molecule has 1 aromatic heterocycles. The predicted octanol–water partition coefficient (Wildman–Crippen LogP) is 2.40. The third-order valence-electron chi connectivity index (χ3n) is 5.56. The summed E-state index contributed by atoms with van der Waals surface area (Å²) in [5.41, 5.74) is 6.74. The predicted molar refractivity (Wildman–Crippen MR) is 116 cm³/mol. The number of piperidine rings is 1. The van der Waals surface area contributed by atoms with E-state index in [2.05, 4.69) is 20.2 Å². The van der Waals surface area contributed by atoms with Crippen molar-refractivity contribution in [1.82, 2.24) is 14.9 Å². The molecule has 30 heavy (non-hydrogen) atoms. The van der Waals surface area contributed by atoms with Crippen LogP contribution in [0, 0.1) is 5.92 Å². The van der Waals surface area contributed by atoms with E-state index in [9.17, 15) is 9.59 Å². The Labute approximate surface area is 176 Å². The van der Waals surface area contributed by atoms with E-state index in [1.165, 1.54) is 13.3 Å². The zero-order chi connectivity index (χ0) is 21.7. The molecule has 8 heteroatoms. The van der Waals surface area contributed by atoms with Crippen molar-refractivity contribution in [3.8, 4) is 5.75 Å². The summed E-state index contributed by atoms with van der Waals surface area (Å²) < 4.78 is 5.26. The summed E-state index contributed by atoms with van der Waals surface area (Å²) in [6.07, 6.45) is 3.31. The lowest BCUT2D eigenvalue weighted by Crippen LogP contribution is -2.42. The number of ketones is 2. The number of nitrogens with one attached hydrogen (secondary N) is 1. The number of nitrogens with two attached hydrogens (primary N) is 1. The highest BCUT2D eigenvalue weighted by Crippen LogP contribution is 2.24. The standard InChI is InChI=1S/C22H29N5O3/c1-14(15(2)28)13-27-10-8-16(9-11-27)25-22-24-12-18(21(23)26-22)20(29)17-6-4-5-7-19(17)30-3/h4-7,12,14,16H,8-11,13H2,1-3H3,(H3,23,24,25,26). The van der Waals surface area contributed by atoms with Crippen molar-refractivity contribution >= 4 is 23.3 Å². The minimum absolute atomic E-state index is 0.0611. The number of anilines is 2. The first kappa shape index (κ1) is 21.7. The molecule has 1 aliphatic heterocycles. The highest BCUT2D eigenvalue weighted by molar-refractivity contribution is 6.13. The first-order valence-corrected chi connectivity index (χ1v) is 10.2. The molecule has 160 valence electrons. The number of para-hydroxylation sites is 1. The van der Waals surface area contributed by atoms with Crippen molar-refractivity contribution in [2.45, 2.75) is 32.7 Å². The Balaban J connectivity index is 1.61.